The van der Waals surface area contributed by atoms with E-state index in [2.05, 4.69) is 15.2 Å². The first-order valence-electron chi connectivity index (χ1n) is 4.43. The van der Waals surface area contributed by atoms with Gasteiger partial charge in [-0.3, -0.25) is 5.10 Å². The smallest absolute Gasteiger partial charge is 0.183 e. The van der Waals surface area contributed by atoms with E-state index in [1.807, 2.05) is 19.9 Å². The number of nitrogens with one attached hydrogen (secondary N) is 1. The normalized spacial score (nSPS) is 11.1. The van der Waals surface area contributed by atoms with Crippen LogP contribution in [0.15, 0.2) is 12.3 Å². The van der Waals surface area contributed by atoms with E-state index in [1.54, 1.807) is 6.20 Å². The Balaban J connectivity index is 2.44. The van der Waals surface area contributed by atoms with Gasteiger partial charge in [0.25, 0.3) is 0 Å². The van der Waals surface area contributed by atoms with Crippen LogP contribution in [0.1, 0.15) is 13.8 Å². The maximum absolute atomic E-state index is 5.66. The molecule has 0 bridgehead atoms. The first kappa shape index (κ1) is 8.80. The fraction of sp³-hybridized carbons (Fsp3) is 0.333. The largest absolute Gasteiger partial charge is 0.489 e. The molecule has 0 saturated carbocycles. The highest BCUT2D eigenvalue weighted by Crippen LogP contribution is 2.21. The SMILES string of the molecule is CC(C)Oc1cnc2n[nH]c(N)c2c1. The summed E-state index contributed by atoms with van der Waals surface area (Å²) in [5.74, 6) is 1.22. The number of nitrogen functional groups attached to an aromatic ring is 1. The lowest BCUT2D eigenvalue weighted by Crippen LogP contribution is -2.05. The van der Waals surface area contributed by atoms with Crippen molar-refractivity contribution in [3.05, 3.63) is 12.3 Å². The van der Waals surface area contributed by atoms with Gasteiger partial charge < -0.3 is 10.5 Å². The van der Waals surface area contributed by atoms with Crippen molar-refractivity contribution in [1.29, 1.82) is 0 Å². The zero-order valence-electron chi connectivity index (χ0n) is 8.11. The third-order valence-electron chi connectivity index (χ3n) is 1.79. The number of pyridine rings is 1. The number of nitrogens with two attached hydrogens (primary N) is 1. The number of rotatable bonds is 2. The lowest BCUT2D eigenvalue weighted by molar-refractivity contribution is 0.242. The Morgan fingerprint density at radius 3 is 3.00 bits per heavy atom. The lowest BCUT2D eigenvalue weighted by Gasteiger charge is -2.08. The number of hydrogen-bond donors (Lipinski definition) is 2. The van der Waals surface area contributed by atoms with E-state index in [-0.39, 0.29) is 6.10 Å². The second-order valence-electron chi connectivity index (χ2n) is 3.35. The number of aromatic amines is 1. The average Bonchev–Trinajstić information content (AvgIpc) is 2.47. The first-order chi connectivity index (χ1) is 6.66. The van der Waals surface area contributed by atoms with Gasteiger partial charge in [0.1, 0.15) is 11.6 Å². The highest BCUT2D eigenvalue weighted by molar-refractivity contribution is 5.86. The third-order valence-corrected chi connectivity index (χ3v) is 1.79. The van der Waals surface area contributed by atoms with Crippen LogP contribution in [-0.2, 0) is 0 Å². The predicted molar refractivity (Wildman–Crippen MR) is 54.1 cm³/mol. The summed E-state index contributed by atoms with van der Waals surface area (Å²) in [6, 6.07) is 1.83. The third kappa shape index (κ3) is 1.48. The summed E-state index contributed by atoms with van der Waals surface area (Å²) in [5, 5.41) is 7.38. The second kappa shape index (κ2) is 3.17. The maximum atomic E-state index is 5.66. The lowest BCUT2D eigenvalue weighted by atomic mass is 10.3. The summed E-state index contributed by atoms with van der Waals surface area (Å²) >= 11 is 0. The standard InChI is InChI=1S/C9H12N4O/c1-5(2)14-6-3-7-8(10)12-13-9(7)11-4-6/h3-5H,1-2H3,(H3,10,11,12,13). The van der Waals surface area contributed by atoms with Gasteiger partial charge in [0.2, 0.25) is 0 Å². The number of aromatic nitrogens is 3. The zero-order chi connectivity index (χ0) is 10.1. The van der Waals surface area contributed by atoms with Gasteiger partial charge in [0.05, 0.1) is 17.7 Å². The highest BCUT2D eigenvalue weighted by atomic mass is 16.5. The molecule has 0 fully saturated rings. The van der Waals surface area contributed by atoms with Gasteiger partial charge in [-0.15, -0.1) is 0 Å². The van der Waals surface area contributed by atoms with Crippen LogP contribution in [0.3, 0.4) is 0 Å². The summed E-state index contributed by atoms with van der Waals surface area (Å²) in [6.07, 6.45) is 1.77. The van der Waals surface area contributed by atoms with Crippen LogP contribution in [0.5, 0.6) is 5.75 Å². The Morgan fingerprint density at radius 1 is 1.50 bits per heavy atom. The molecular formula is C9H12N4O. The molecular weight excluding hydrogens is 180 g/mol. The minimum atomic E-state index is 0.127. The molecule has 2 aromatic heterocycles. The summed E-state index contributed by atoms with van der Waals surface area (Å²) in [4.78, 5) is 4.11. The number of nitrogens with zero attached hydrogens (tertiary/aromatic N) is 2. The fourth-order valence-corrected chi connectivity index (χ4v) is 1.24. The number of fused-ring (bicyclic) bond motifs is 1. The maximum Gasteiger partial charge on any atom is 0.183 e. The van der Waals surface area contributed by atoms with E-state index in [1.165, 1.54) is 0 Å². The van der Waals surface area contributed by atoms with Crippen LogP contribution in [0.2, 0.25) is 0 Å². The van der Waals surface area contributed by atoms with Crippen LogP contribution < -0.4 is 10.5 Å². The second-order valence-corrected chi connectivity index (χ2v) is 3.35. The van der Waals surface area contributed by atoms with Gasteiger partial charge in [-0.2, -0.15) is 5.10 Å². The molecule has 3 N–H and O–H groups in total. The van der Waals surface area contributed by atoms with E-state index >= 15 is 0 Å². The molecule has 2 aromatic rings. The molecule has 0 radical (unpaired) electrons. The highest BCUT2D eigenvalue weighted by Gasteiger charge is 2.05. The molecule has 0 amide bonds. The Morgan fingerprint density at radius 2 is 2.29 bits per heavy atom. The molecule has 2 rings (SSSR count). The van der Waals surface area contributed by atoms with Crippen molar-refractivity contribution in [1.82, 2.24) is 15.2 Å². The van der Waals surface area contributed by atoms with Gasteiger partial charge in [0, 0.05) is 0 Å². The van der Waals surface area contributed by atoms with Crippen LogP contribution >= 0.6 is 0 Å². The van der Waals surface area contributed by atoms with Crippen LogP contribution in [0.4, 0.5) is 5.82 Å². The van der Waals surface area contributed by atoms with Gasteiger partial charge in [-0.25, -0.2) is 4.98 Å². The Kier molecular flexibility index (Phi) is 1.99. The molecule has 0 saturated heterocycles. The van der Waals surface area contributed by atoms with Crippen LogP contribution in [0, 0.1) is 0 Å². The quantitative estimate of drug-likeness (QED) is 0.752. The van der Waals surface area contributed by atoms with Crippen molar-refractivity contribution in [2.75, 3.05) is 5.73 Å². The summed E-state index contributed by atoms with van der Waals surface area (Å²) in [7, 11) is 0. The molecule has 0 atom stereocenters. The fourth-order valence-electron chi connectivity index (χ4n) is 1.24. The predicted octanol–water partition coefficient (Wildman–Crippen LogP) is 1.33. The summed E-state index contributed by atoms with van der Waals surface area (Å²) in [6.45, 7) is 3.92. The Hall–Kier alpha value is -1.78. The van der Waals surface area contributed by atoms with Crippen molar-refractivity contribution in [2.45, 2.75) is 20.0 Å². The summed E-state index contributed by atoms with van der Waals surface area (Å²) in [5.41, 5.74) is 6.27. The van der Waals surface area contributed by atoms with Crippen molar-refractivity contribution in [2.24, 2.45) is 0 Å². The number of anilines is 1. The van der Waals surface area contributed by atoms with E-state index < -0.39 is 0 Å². The van der Waals surface area contributed by atoms with Crippen LogP contribution in [-0.4, -0.2) is 21.3 Å². The van der Waals surface area contributed by atoms with Gasteiger partial charge in [0.15, 0.2) is 5.65 Å². The average molecular weight is 192 g/mol. The van der Waals surface area contributed by atoms with Gasteiger partial charge in [-0.05, 0) is 19.9 Å². The van der Waals surface area contributed by atoms with Gasteiger partial charge in [-0.1, -0.05) is 0 Å². The molecule has 74 valence electrons. The Bertz CT molecular complexity index is 449. The number of H-pyrrole nitrogens is 1. The molecule has 0 aromatic carbocycles. The molecule has 5 nitrogen and oxygen atoms in total. The topological polar surface area (TPSA) is 76.8 Å². The van der Waals surface area contributed by atoms with Crippen molar-refractivity contribution in [3.63, 3.8) is 0 Å². The first-order valence-corrected chi connectivity index (χ1v) is 4.43. The number of ether oxygens (including phenoxy) is 1. The van der Waals surface area contributed by atoms with Crippen LogP contribution in [0.25, 0.3) is 11.0 Å². The minimum Gasteiger partial charge on any atom is -0.489 e. The molecule has 0 aliphatic carbocycles. The van der Waals surface area contributed by atoms with E-state index in [0.717, 1.165) is 5.39 Å². The van der Waals surface area contributed by atoms with Gasteiger partial charge >= 0.3 is 0 Å². The van der Waals surface area contributed by atoms with E-state index in [4.69, 9.17) is 10.5 Å². The minimum absolute atomic E-state index is 0.127. The Labute approximate surface area is 81.3 Å². The van der Waals surface area contributed by atoms with E-state index in [0.29, 0.717) is 17.2 Å². The number of hydrogen-bond acceptors (Lipinski definition) is 4. The van der Waals surface area contributed by atoms with Crippen molar-refractivity contribution < 1.29 is 4.74 Å². The zero-order valence-corrected chi connectivity index (χ0v) is 8.11. The van der Waals surface area contributed by atoms with Crippen molar-refractivity contribution in [3.8, 4) is 5.75 Å². The molecule has 0 unspecified atom stereocenters. The van der Waals surface area contributed by atoms with E-state index in [9.17, 15) is 0 Å². The molecule has 2 heterocycles. The summed E-state index contributed by atoms with van der Waals surface area (Å²) < 4.78 is 5.49. The monoisotopic (exact) mass is 192 g/mol. The molecule has 0 aliphatic rings. The van der Waals surface area contributed by atoms with Crippen molar-refractivity contribution >= 4 is 16.9 Å². The molecule has 14 heavy (non-hydrogen) atoms. The molecule has 5 heteroatoms. The molecule has 0 spiro atoms. The molecule has 0 aliphatic heterocycles.